The van der Waals surface area contributed by atoms with Gasteiger partial charge in [0.15, 0.2) is 0 Å². The van der Waals surface area contributed by atoms with Crippen LogP contribution in [0.4, 0.5) is 5.69 Å². The molecule has 92 valence electrons. The monoisotopic (exact) mass is 235 g/mol. The van der Waals surface area contributed by atoms with Crippen LogP contribution in [0.1, 0.15) is 19.8 Å². The standard InChI is InChI=1S/C13H17NO3/c1-2-16-11-7-5-10(6-8-11)14-13(15)12-4-3-9-17-12/h5-8,12H,2-4,9H2,1H3,(H,14,15). The third-order valence-electron chi connectivity index (χ3n) is 2.65. The second-order valence-corrected chi connectivity index (χ2v) is 3.95. The highest BCUT2D eigenvalue weighted by Crippen LogP contribution is 2.18. The lowest BCUT2D eigenvalue weighted by atomic mass is 10.2. The zero-order chi connectivity index (χ0) is 12.1. The molecule has 1 heterocycles. The van der Waals surface area contributed by atoms with E-state index in [4.69, 9.17) is 9.47 Å². The highest BCUT2D eigenvalue weighted by atomic mass is 16.5. The Morgan fingerprint density at radius 2 is 2.24 bits per heavy atom. The molecule has 0 bridgehead atoms. The largest absolute Gasteiger partial charge is 0.494 e. The van der Waals surface area contributed by atoms with E-state index in [1.165, 1.54) is 0 Å². The van der Waals surface area contributed by atoms with E-state index in [0.29, 0.717) is 13.2 Å². The summed E-state index contributed by atoms with van der Waals surface area (Å²) in [4.78, 5) is 11.8. The number of anilines is 1. The fourth-order valence-electron chi connectivity index (χ4n) is 1.81. The zero-order valence-electron chi connectivity index (χ0n) is 9.94. The molecular formula is C13H17NO3. The molecule has 0 aromatic heterocycles. The molecule has 1 saturated heterocycles. The Morgan fingerprint density at radius 1 is 1.47 bits per heavy atom. The Labute approximate surface area is 101 Å². The van der Waals surface area contributed by atoms with Crippen molar-refractivity contribution in [1.29, 1.82) is 0 Å². The number of ether oxygens (including phenoxy) is 2. The minimum Gasteiger partial charge on any atom is -0.494 e. The van der Waals surface area contributed by atoms with Crippen molar-refractivity contribution in [3.63, 3.8) is 0 Å². The van der Waals surface area contributed by atoms with Crippen LogP contribution in [0.5, 0.6) is 5.75 Å². The van der Waals surface area contributed by atoms with Crippen LogP contribution in [0.15, 0.2) is 24.3 Å². The molecule has 1 atom stereocenters. The number of hydrogen-bond acceptors (Lipinski definition) is 3. The van der Waals surface area contributed by atoms with Crippen LogP contribution >= 0.6 is 0 Å². The summed E-state index contributed by atoms with van der Waals surface area (Å²) in [6, 6.07) is 7.35. The molecule has 0 saturated carbocycles. The lowest BCUT2D eigenvalue weighted by molar-refractivity contribution is -0.124. The highest BCUT2D eigenvalue weighted by Gasteiger charge is 2.23. The van der Waals surface area contributed by atoms with Gasteiger partial charge in [-0.2, -0.15) is 0 Å². The van der Waals surface area contributed by atoms with E-state index in [9.17, 15) is 4.79 Å². The second-order valence-electron chi connectivity index (χ2n) is 3.95. The first-order valence-electron chi connectivity index (χ1n) is 5.95. The van der Waals surface area contributed by atoms with E-state index in [2.05, 4.69) is 5.32 Å². The van der Waals surface area contributed by atoms with Gasteiger partial charge in [-0.25, -0.2) is 0 Å². The molecule has 0 spiro atoms. The summed E-state index contributed by atoms with van der Waals surface area (Å²) in [5.74, 6) is 0.745. The van der Waals surface area contributed by atoms with Crippen molar-refractivity contribution in [2.45, 2.75) is 25.9 Å². The van der Waals surface area contributed by atoms with Gasteiger partial charge in [-0.15, -0.1) is 0 Å². The summed E-state index contributed by atoms with van der Waals surface area (Å²) in [6.45, 7) is 3.26. The number of hydrogen-bond donors (Lipinski definition) is 1. The minimum absolute atomic E-state index is 0.0633. The van der Waals surface area contributed by atoms with Gasteiger partial charge in [0.05, 0.1) is 6.61 Å². The fraction of sp³-hybridized carbons (Fsp3) is 0.462. The third-order valence-corrected chi connectivity index (χ3v) is 2.65. The van der Waals surface area contributed by atoms with Crippen molar-refractivity contribution in [3.8, 4) is 5.75 Å². The van der Waals surface area contributed by atoms with Crippen molar-refractivity contribution in [2.24, 2.45) is 0 Å². The van der Waals surface area contributed by atoms with Crippen LogP contribution in [-0.2, 0) is 9.53 Å². The van der Waals surface area contributed by atoms with E-state index in [1.54, 1.807) is 0 Å². The maximum absolute atomic E-state index is 11.8. The van der Waals surface area contributed by atoms with E-state index in [-0.39, 0.29) is 12.0 Å². The molecule has 1 fully saturated rings. The van der Waals surface area contributed by atoms with E-state index in [0.717, 1.165) is 24.3 Å². The Bertz CT molecular complexity index is 369. The average molecular weight is 235 g/mol. The van der Waals surface area contributed by atoms with Gasteiger partial charge >= 0.3 is 0 Å². The van der Waals surface area contributed by atoms with Gasteiger partial charge in [-0.05, 0) is 44.0 Å². The summed E-state index contributed by atoms with van der Waals surface area (Å²) >= 11 is 0. The maximum Gasteiger partial charge on any atom is 0.253 e. The number of benzene rings is 1. The highest BCUT2D eigenvalue weighted by molar-refractivity contribution is 5.94. The van der Waals surface area contributed by atoms with Gasteiger partial charge in [-0.1, -0.05) is 0 Å². The molecule has 2 rings (SSSR count). The zero-order valence-corrected chi connectivity index (χ0v) is 9.94. The molecule has 1 aliphatic heterocycles. The maximum atomic E-state index is 11.8. The van der Waals surface area contributed by atoms with E-state index in [1.807, 2.05) is 31.2 Å². The molecule has 4 heteroatoms. The molecule has 17 heavy (non-hydrogen) atoms. The van der Waals surface area contributed by atoms with Crippen molar-refractivity contribution in [1.82, 2.24) is 0 Å². The minimum atomic E-state index is -0.290. The first-order valence-corrected chi connectivity index (χ1v) is 5.95. The average Bonchev–Trinajstić information content (AvgIpc) is 2.86. The summed E-state index contributed by atoms with van der Waals surface area (Å²) in [6.07, 6.45) is 1.48. The molecule has 1 aromatic rings. The van der Waals surface area contributed by atoms with Gasteiger partial charge in [0.25, 0.3) is 5.91 Å². The van der Waals surface area contributed by atoms with Crippen LogP contribution in [0.3, 0.4) is 0 Å². The normalized spacial score (nSPS) is 19.0. The third kappa shape index (κ3) is 3.20. The summed E-state index contributed by atoms with van der Waals surface area (Å²) < 4.78 is 10.6. The van der Waals surface area contributed by atoms with Crippen molar-refractivity contribution in [3.05, 3.63) is 24.3 Å². The number of nitrogens with one attached hydrogen (secondary N) is 1. The molecule has 1 unspecified atom stereocenters. The van der Waals surface area contributed by atoms with Gasteiger partial charge in [0.1, 0.15) is 11.9 Å². The fourth-order valence-corrected chi connectivity index (χ4v) is 1.81. The van der Waals surface area contributed by atoms with Crippen LogP contribution in [0.2, 0.25) is 0 Å². The molecule has 0 aliphatic carbocycles. The van der Waals surface area contributed by atoms with Gasteiger partial charge in [0.2, 0.25) is 0 Å². The predicted molar refractivity (Wildman–Crippen MR) is 65.2 cm³/mol. The summed E-state index contributed by atoms with van der Waals surface area (Å²) in [5, 5.41) is 2.83. The summed E-state index contributed by atoms with van der Waals surface area (Å²) in [7, 11) is 0. The van der Waals surface area contributed by atoms with Crippen LogP contribution < -0.4 is 10.1 Å². The van der Waals surface area contributed by atoms with Crippen molar-refractivity contribution < 1.29 is 14.3 Å². The SMILES string of the molecule is CCOc1ccc(NC(=O)C2CCCO2)cc1. The number of rotatable bonds is 4. The lowest BCUT2D eigenvalue weighted by Crippen LogP contribution is -2.26. The Balaban J connectivity index is 1.91. The van der Waals surface area contributed by atoms with Crippen LogP contribution in [0, 0.1) is 0 Å². The van der Waals surface area contributed by atoms with E-state index < -0.39 is 0 Å². The van der Waals surface area contributed by atoms with Gasteiger partial charge in [-0.3, -0.25) is 4.79 Å². The van der Waals surface area contributed by atoms with E-state index >= 15 is 0 Å². The Hall–Kier alpha value is -1.55. The van der Waals surface area contributed by atoms with Gasteiger partial charge < -0.3 is 14.8 Å². The summed E-state index contributed by atoms with van der Waals surface area (Å²) in [5.41, 5.74) is 0.772. The molecule has 1 N–H and O–H groups in total. The second kappa shape index (κ2) is 5.68. The molecular weight excluding hydrogens is 218 g/mol. The Kier molecular flexibility index (Phi) is 3.98. The topological polar surface area (TPSA) is 47.6 Å². The molecule has 1 amide bonds. The molecule has 0 radical (unpaired) electrons. The number of carbonyl (C=O) groups excluding carboxylic acids is 1. The molecule has 1 aromatic carbocycles. The van der Waals surface area contributed by atoms with Crippen molar-refractivity contribution in [2.75, 3.05) is 18.5 Å². The number of carbonyl (C=O) groups is 1. The lowest BCUT2D eigenvalue weighted by Gasteiger charge is -2.10. The predicted octanol–water partition coefficient (Wildman–Crippen LogP) is 2.20. The van der Waals surface area contributed by atoms with Crippen LogP contribution in [-0.4, -0.2) is 25.2 Å². The van der Waals surface area contributed by atoms with Crippen LogP contribution in [0.25, 0.3) is 0 Å². The quantitative estimate of drug-likeness (QED) is 0.870. The molecule has 4 nitrogen and oxygen atoms in total. The van der Waals surface area contributed by atoms with Gasteiger partial charge in [0, 0.05) is 12.3 Å². The Morgan fingerprint density at radius 3 is 2.82 bits per heavy atom. The molecule has 1 aliphatic rings. The first kappa shape index (κ1) is 11.9. The van der Waals surface area contributed by atoms with Crippen molar-refractivity contribution >= 4 is 11.6 Å². The first-order chi connectivity index (χ1) is 8.29. The smallest absolute Gasteiger partial charge is 0.253 e. The number of amides is 1.